The summed E-state index contributed by atoms with van der Waals surface area (Å²) in [5.41, 5.74) is 6.81. The van der Waals surface area contributed by atoms with E-state index >= 15 is 0 Å². The molecule has 0 saturated heterocycles. The summed E-state index contributed by atoms with van der Waals surface area (Å²) in [5, 5.41) is 1.33. The number of thiazole rings is 1. The molecule has 1 aromatic rings. The van der Waals surface area contributed by atoms with E-state index in [0.29, 0.717) is 12.5 Å². The monoisotopic (exact) mass is 210 g/mol. The second-order valence-electron chi connectivity index (χ2n) is 4.28. The summed E-state index contributed by atoms with van der Waals surface area (Å²) in [6.45, 7) is 5.06. The number of nitrogens with zero attached hydrogens (tertiary/aromatic N) is 1. The van der Waals surface area contributed by atoms with Crippen molar-refractivity contribution in [3.05, 3.63) is 15.6 Å². The maximum absolute atomic E-state index is 5.67. The van der Waals surface area contributed by atoms with Gasteiger partial charge in [-0.25, -0.2) is 4.98 Å². The van der Waals surface area contributed by atoms with E-state index in [1.165, 1.54) is 29.1 Å². The van der Waals surface area contributed by atoms with E-state index in [9.17, 15) is 0 Å². The first-order valence-corrected chi connectivity index (χ1v) is 6.20. The zero-order valence-electron chi connectivity index (χ0n) is 8.92. The fraction of sp³-hybridized carbons (Fsp3) is 0.727. The Kier molecular flexibility index (Phi) is 2.88. The van der Waals surface area contributed by atoms with Crippen LogP contribution in [0.25, 0.3) is 0 Å². The molecule has 2 N–H and O–H groups in total. The van der Waals surface area contributed by atoms with Crippen LogP contribution in [-0.2, 0) is 6.54 Å². The van der Waals surface area contributed by atoms with E-state index in [4.69, 9.17) is 5.73 Å². The highest BCUT2D eigenvalue weighted by atomic mass is 32.1. The number of hydrogen-bond acceptors (Lipinski definition) is 3. The lowest BCUT2D eigenvalue weighted by Gasteiger charge is -2.10. The summed E-state index contributed by atoms with van der Waals surface area (Å²) >= 11 is 1.82. The predicted octanol–water partition coefficient (Wildman–Crippen LogP) is 2.81. The molecule has 0 aliphatic heterocycles. The molecule has 14 heavy (non-hydrogen) atoms. The third-order valence-electron chi connectivity index (χ3n) is 3.27. The molecule has 1 aromatic heterocycles. The van der Waals surface area contributed by atoms with Crippen molar-refractivity contribution in [2.24, 2.45) is 11.7 Å². The fourth-order valence-electron chi connectivity index (χ4n) is 2.31. The number of rotatable bonds is 2. The molecule has 0 aromatic carbocycles. The van der Waals surface area contributed by atoms with Crippen LogP contribution in [0.3, 0.4) is 0 Å². The van der Waals surface area contributed by atoms with Crippen molar-refractivity contribution in [1.82, 2.24) is 4.98 Å². The molecule has 1 saturated carbocycles. The molecule has 1 aliphatic rings. The molecule has 0 amide bonds. The van der Waals surface area contributed by atoms with Crippen LogP contribution in [0.4, 0.5) is 0 Å². The molecular weight excluding hydrogens is 192 g/mol. The largest absolute Gasteiger partial charge is 0.326 e. The van der Waals surface area contributed by atoms with Gasteiger partial charge in [0, 0.05) is 17.3 Å². The SMILES string of the molecule is Cc1nc(C2CCCC2C)sc1CN. The average Bonchev–Trinajstić information content (AvgIpc) is 2.71. The summed E-state index contributed by atoms with van der Waals surface area (Å²) < 4.78 is 0. The van der Waals surface area contributed by atoms with Crippen LogP contribution < -0.4 is 5.73 Å². The van der Waals surface area contributed by atoms with Gasteiger partial charge in [0.1, 0.15) is 0 Å². The van der Waals surface area contributed by atoms with Gasteiger partial charge in [0.25, 0.3) is 0 Å². The van der Waals surface area contributed by atoms with Crippen LogP contribution in [-0.4, -0.2) is 4.98 Å². The molecular formula is C11H18N2S. The topological polar surface area (TPSA) is 38.9 Å². The minimum absolute atomic E-state index is 0.643. The molecule has 2 rings (SSSR count). The Morgan fingerprint density at radius 2 is 2.29 bits per heavy atom. The zero-order valence-corrected chi connectivity index (χ0v) is 9.73. The Morgan fingerprint density at radius 3 is 2.79 bits per heavy atom. The van der Waals surface area contributed by atoms with Crippen LogP contribution in [0, 0.1) is 12.8 Å². The van der Waals surface area contributed by atoms with Crippen molar-refractivity contribution in [1.29, 1.82) is 0 Å². The Hall–Kier alpha value is -0.410. The van der Waals surface area contributed by atoms with Gasteiger partial charge in [0.15, 0.2) is 0 Å². The van der Waals surface area contributed by atoms with E-state index in [1.54, 1.807) is 0 Å². The number of aromatic nitrogens is 1. The van der Waals surface area contributed by atoms with E-state index in [0.717, 1.165) is 11.6 Å². The van der Waals surface area contributed by atoms with Gasteiger partial charge in [-0.05, 0) is 19.3 Å². The van der Waals surface area contributed by atoms with Crippen molar-refractivity contribution >= 4 is 11.3 Å². The first kappa shape index (κ1) is 10.1. The van der Waals surface area contributed by atoms with E-state index < -0.39 is 0 Å². The normalized spacial score (nSPS) is 27.1. The van der Waals surface area contributed by atoms with Crippen LogP contribution in [0.2, 0.25) is 0 Å². The summed E-state index contributed by atoms with van der Waals surface area (Å²) in [5.74, 6) is 1.52. The zero-order chi connectivity index (χ0) is 10.1. The average molecular weight is 210 g/mol. The minimum Gasteiger partial charge on any atom is -0.326 e. The Balaban J connectivity index is 2.23. The molecule has 0 radical (unpaired) electrons. The van der Waals surface area contributed by atoms with Gasteiger partial charge in [0.2, 0.25) is 0 Å². The maximum Gasteiger partial charge on any atom is 0.0965 e. The summed E-state index contributed by atoms with van der Waals surface area (Å²) in [6, 6.07) is 0. The molecule has 2 nitrogen and oxygen atoms in total. The summed E-state index contributed by atoms with van der Waals surface area (Å²) in [6.07, 6.45) is 4.04. The number of nitrogens with two attached hydrogens (primary N) is 1. The Labute approximate surface area is 89.5 Å². The Bertz CT molecular complexity index is 319. The number of aryl methyl sites for hydroxylation is 1. The second kappa shape index (κ2) is 3.99. The number of hydrogen-bond donors (Lipinski definition) is 1. The van der Waals surface area contributed by atoms with Crippen LogP contribution in [0.5, 0.6) is 0 Å². The quantitative estimate of drug-likeness (QED) is 0.815. The van der Waals surface area contributed by atoms with E-state index in [-0.39, 0.29) is 0 Å². The smallest absolute Gasteiger partial charge is 0.0965 e. The third-order valence-corrected chi connectivity index (χ3v) is 4.58. The van der Waals surface area contributed by atoms with Crippen LogP contribution in [0.1, 0.15) is 47.7 Å². The molecule has 1 heterocycles. The van der Waals surface area contributed by atoms with E-state index in [1.807, 2.05) is 11.3 Å². The lowest BCUT2D eigenvalue weighted by Crippen LogP contribution is -2.01. The predicted molar refractivity (Wildman–Crippen MR) is 60.5 cm³/mol. The van der Waals surface area contributed by atoms with Crippen molar-refractivity contribution in [3.8, 4) is 0 Å². The summed E-state index contributed by atoms with van der Waals surface area (Å²) in [4.78, 5) is 5.92. The molecule has 0 bridgehead atoms. The minimum atomic E-state index is 0.643. The first-order valence-electron chi connectivity index (χ1n) is 5.38. The Morgan fingerprint density at radius 1 is 1.50 bits per heavy atom. The van der Waals surface area contributed by atoms with Gasteiger partial charge in [0.05, 0.1) is 10.7 Å². The standard InChI is InChI=1S/C11H18N2S/c1-7-4-3-5-9(7)11-13-8(2)10(6-12)14-11/h7,9H,3-6,12H2,1-2H3. The molecule has 0 spiro atoms. The molecule has 1 aliphatic carbocycles. The highest BCUT2D eigenvalue weighted by molar-refractivity contribution is 7.11. The van der Waals surface area contributed by atoms with Gasteiger partial charge in [-0.3, -0.25) is 0 Å². The lowest BCUT2D eigenvalue weighted by atomic mass is 9.99. The van der Waals surface area contributed by atoms with Crippen molar-refractivity contribution < 1.29 is 0 Å². The lowest BCUT2D eigenvalue weighted by molar-refractivity contribution is 0.530. The second-order valence-corrected chi connectivity index (χ2v) is 5.39. The van der Waals surface area contributed by atoms with Crippen LogP contribution in [0.15, 0.2) is 0 Å². The maximum atomic E-state index is 5.67. The molecule has 1 fully saturated rings. The van der Waals surface area contributed by atoms with Gasteiger partial charge >= 0.3 is 0 Å². The fourth-order valence-corrected chi connectivity index (χ4v) is 3.52. The van der Waals surface area contributed by atoms with Gasteiger partial charge in [-0.2, -0.15) is 0 Å². The van der Waals surface area contributed by atoms with Crippen molar-refractivity contribution in [3.63, 3.8) is 0 Å². The first-order chi connectivity index (χ1) is 6.72. The van der Waals surface area contributed by atoms with Gasteiger partial charge in [-0.15, -0.1) is 11.3 Å². The summed E-state index contributed by atoms with van der Waals surface area (Å²) in [7, 11) is 0. The van der Waals surface area contributed by atoms with Crippen LogP contribution >= 0.6 is 11.3 Å². The molecule has 3 heteroatoms. The molecule has 2 unspecified atom stereocenters. The highest BCUT2D eigenvalue weighted by Crippen LogP contribution is 2.41. The molecule has 78 valence electrons. The highest BCUT2D eigenvalue weighted by Gasteiger charge is 2.27. The molecule has 2 atom stereocenters. The van der Waals surface area contributed by atoms with Crippen molar-refractivity contribution in [2.45, 2.75) is 45.6 Å². The van der Waals surface area contributed by atoms with E-state index in [2.05, 4.69) is 18.8 Å². The van der Waals surface area contributed by atoms with Crippen molar-refractivity contribution in [2.75, 3.05) is 0 Å². The van der Waals surface area contributed by atoms with Gasteiger partial charge < -0.3 is 5.73 Å². The van der Waals surface area contributed by atoms with Gasteiger partial charge in [-0.1, -0.05) is 19.8 Å². The third kappa shape index (κ3) is 1.71.